The van der Waals surface area contributed by atoms with Crippen molar-refractivity contribution in [2.45, 2.75) is 18.8 Å². The summed E-state index contributed by atoms with van der Waals surface area (Å²) in [7, 11) is 3.11. The number of rotatable bonds is 6. The SMILES string of the molecule is CNC(=O)c1nn(C)cc1NC(=O)Oc1nc(C2CC2)cnc1Nc1cncnc1. The Morgan fingerprint density at radius 3 is 2.67 bits per heavy atom. The molecule has 3 N–H and O–H groups in total. The summed E-state index contributed by atoms with van der Waals surface area (Å²) >= 11 is 0. The number of amides is 2. The highest BCUT2D eigenvalue weighted by atomic mass is 16.6. The minimum Gasteiger partial charge on any atom is -0.387 e. The van der Waals surface area contributed by atoms with Crippen LogP contribution in [0.5, 0.6) is 5.88 Å². The van der Waals surface area contributed by atoms with E-state index in [2.05, 4.69) is 41.0 Å². The Kier molecular flexibility index (Phi) is 5.20. The highest BCUT2D eigenvalue weighted by molar-refractivity contribution is 6.01. The summed E-state index contributed by atoms with van der Waals surface area (Å²) in [6.07, 6.45) is 8.86. The lowest BCUT2D eigenvalue weighted by atomic mass is 10.3. The number of carbonyl (C=O) groups excluding carboxylic acids is 2. The maximum atomic E-state index is 12.5. The van der Waals surface area contributed by atoms with Gasteiger partial charge in [-0.05, 0) is 12.8 Å². The van der Waals surface area contributed by atoms with E-state index in [4.69, 9.17) is 4.74 Å². The minimum absolute atomic E-state index is 0.00568. The Bertz CT molecular complexity index is 1080. The van der Waals surface area contributed by atoms with Gasteiger partial charge in [0.2, 0.25) is 0 Å². The molecule has 0 bridgehead atoms. The van der Waals surface area contributed by atoms with Gasteiger partial charge >= 0.3 is 6.09 Å². The molecule has 0 spiro atoms. The summed E-state index contributed by atoms with van der Waals surface area (Å²) in [4.78, 5) is 41.1. The monoisotopic (exact) mass is 409 g/mol. The maximum absolute atomic E-state index is 12.5. The van der Waals surface area contributed by atoms with Crippen molar-refractivity contribution in [2.24, 2.45) is 7.05 Å². The molecule has 1 fully saturated rings. The molecular weight excluding hydrogens is 390 g/mol. The van der Waals surface area contributed by atoms with E-state index in [0.29, 0.717) is 11.6 Å². The number of nitrogens with one attached hydrogen (secondary N) is 3. The van der Waals surface area contributed by atoms with Crippen LogP contribution in [0.1, 0.15) is 34.9 Å². The first-order chi connectivity index (χ1) is 14.5. The Labute approximate surface area is 171 Å². The number of ether oxygens (including phenoxy) is 1. The molecule has 0 aliphatic heterocycles. The van der Waals surface area contributed by atoms with Gasteiger partial charge in [-0.2, -0.15) is 5.10 Å². The number of carbonyl (C=O) groups is 2. The van der Waals surface area contributed by atoms with E-state index in [1.165, 1.54) is 24.3 Å². The third-order valence-corrected chi connectivity index (χ3v) is 4.28. The van der Waals surface area contributed by atoms with Crippen LogP contribution in [0.15, 0.2) is 31.1 Å². The second-order valence-electron chi connectivity index (χ2n) is 6.63. The molecule has 12 heteroatoms. The molecule has 0 atom stereocenters. The van der Waals surface area contributed by atoms with E-state index >= 15 is 0 Å². The van der Waals surface area contributed by atoms with Gasteiger partial charge in [0.1, 0.15) is 6.33 Å². The Balaban J connectivity index is 1.56. The first-order valence-corrected chi connectivity index (χ1v) is 9.17. The number of aryl methyl sites for hydroxylation is 1. The van der Waals surface area contributed by atoms with Gasteiger partial charge in [-0.1, -0.05) is 0 Å². The van der Waals surface area contributed by atoms with Gasteiger partial charge < -0.3 is 15.4 Å². The van der Waals surface area contributed by atoms with E-state index in [9.17, 15) is 9.59 Å². The molecule has 1 aliphatic rings. The molecule has 1 saturated carbocycles. The third-order valence-electron chi connectivity index (χ3n) is 4.28. The molecule has 0 aromatic carbocycles. The van der Waals surface area contributed by atoms with Gasteiger partial charge in [0.25, 0.3) is 11.8 Å². The quantitative estimate of drug-likeness (QED) is 0.551. The second kappa shape index (κ2) is 8.11. The molecule has 3 aromatic heterocycles. The highest BCUT2D eigenvalue weighted by Gasteiger charge is 2.27. The van der Waals surface area contributed by atoms with E-state index in [1.807, 2.05) is 0 Å². The van der Waals surface area contributed by atoms with Crippen LogP contribution >= 0.6 is 0 Å². The first kappa shape index (κ1) is 19.2. The molecule has 2 amide bonds. The zero-order valence-corrected chi connectivity index (χ0v) is 16.3. The molecule has 3 heterocycles. The van der Waals surface area contributed by atoms with Crippen molar-refractivity contribution < 1.29 is 14.3 Å². The normalized spacial score (nSPS) is 12.9. The van der Waals surface area contributed by atoms with Crippen LogP contribution in [0, 0.1) is 0 Å². The number of aromatic nitrogens is 6. The highest BCUT2D eigenvalue weighted by Crippen LogP contribution is 2.40. The molecule has 12 nitrogen and oxygen atoms in total. The van der Waals surface area contributed by atoms with Crippen LogP contribution in [-0.4, -0.2) is 48.8 Å². The van der Waals surface area contributed by atoms with Gasteiger partial charge in [0.05, 0.1) is 35.7 Å². The lowest BCUT2D eigenvalue weighted by Gasteiger charge is -2.11. The van der Waals surface area contributed by atoms with E-state index in [1.54, 1.807) is 25.6 Å². The molecule has 3 aromatic rings. The van der Waals surface area contributed by atoms with E-state index < -0.39 is 12.0 Å². The first-order valence-electron chi connectivity index (χ1n) is 9.17. The molecule has 4 rings (SSSR count). The Morgan fingerprint density at radius 2 is 1.97 bits per heavy atom. The predicted molar refractivity (Wildman–Crippen MR) is 106 cm³/mol. The number of nitrogens with zero attached hydrogens (tertiary/aromatic N) is 6. The molecular formula is C18H19N9O3. The van der Waals surface area contributed by atoms with Crippen molar-refractivity contribution in [1.82, 2.24) is 35.0 Å². The van der Waals surface area contributed by atoms with Crippen LogP contribution in [0.25, 0.3) is 0 Å². The molecule has 0 saturated heterocycles. The standard InChI is InChI=1S/C18H19N9O3/c1-19-16(28)14-13(8-27(2)26-14)25-18(29)30-17-15(23-11-5-20-9-21-6-11)22-7-12(24-17)10-3-4-10/h5-10H,3-4H2,1-2H3,(H,19,28)(H,22,23)(H,25,29). The fourth-order valence-corrected chi connectivity index (χ4v) is 2.71. The van der Waals surface area contributed by atoms with Gasteiger partial charge in [0.15, 0.2) is 11.5 Å². The zero-order valence-electron chi connectivity index (χ0n) is 16.3. The number of hydrogen-bond donors (Lipinski definition) is 3. The fraction of sp³-hybridized carbons (Fsp3) is 0.278. The molecule has 30 heavy (non-hydrogen) atoms. The Morgan fingerprint density at radius 1 is 1.20 bits per heavy atom. The van der Waals surface area contributed by atoms with Crippen molar-refractivity contribution in [2.75, 3.05) is 17.7 Å². The van der Waals surface area contributed by atoms with Crippen molar-refractivity contribution in [3.63, 3.8) is 0 Å². The lowest BCUT2D eigenvalue weighted by Crippen LogP contribution is -2.23. The summed E-state index contributed by atoms with van der Waals surface area (Å²) in [5.74, 6) is 0.122. The molecule has 0 unspecified atom stereocenters. The van der Waals surface area contributed by atoms with Crippen LogP contribution in [0.2, 0.25) is 0 Å². The van der Waals surface area contributed by atoms with Gasteiger partial charge in [0, 0.05) is 26.2 Å². The second-order valence-corrected chi connectivity index (χ2v) is 6.63. The van der Waals surface area contributed by atoms with E-state index in [0.717, 1.165) is 18.5 Å². The molecule has 1 aliphatic carbocycles. The fourth-order valence-electron chi connectivity index (χ4n) is 2.71. The summed E-state index contributed by atoms with van der Waals surface area (Å²) in [6, 6.07) is 0. The third kappa shape index (κ3) is 4.32. The predicted octanol–water partition coefficient (Wildman–Crippen LogP) is 1.59. The summed E-state index contributed by atoms with van der Waals surface area (Å²) in [6.45, 7) is 0. The zero-order chi connectivity index (χ0) is 21.1. The van der Waals surface area contributed by atoms with Gasteiger partial charge in [-0.15, -0.1) is 0 Å². The van der Waals surface area contributed by atoms with Crippen molar-refractivity contribution in [1.29, 1.82) is 0 Å². The van der Waals surface area contributed by atoms with Crippen LogP contribution in [-0.2, 0) is 7.05 Å². The average Bonchev–Trinajstić information content (AvgIpc) is 3.52. The number of anilines is 3. The largest absolute Gasteiger partial charge is 0.418 e. The lowest BCUT2D eigenvalue weighted by molar-refractivity contribution is 0.0958. The van der Waals surface area contributed by atoms with Gasteiger partial charge in [-0.25, -0.2) is 24.7 Å². The molecule has 154 valence electrons. The minimum atomic E-state index is -0.831. The van der Waals surface area contributed by atoms with Crippen LogP contribution in [0.4, 0.5) is 22.0 Å². The molecule has 0 radical (unpaired) electrons. The smallest absolute Gasteiger partial charge is 0.387 e. The van der Waals surface area contributed by atoms with E-state index in [-0.39, 0.29) is 23.1 Å². The van der Waals surface area contributed by atoms with Crippen molar-refractivity contribution in [3.8, 4) is 5.88 Å². The van der Waals surface area contributed by atoms with Crippen LogP contribution < -0.4 is 20.7 Å². The summed E-state index contributed by atoms with van der Waals surface area (Å²) in [5, 5.41) is 12.0. The van der Waals surface area contributed by atoms with Crippen molar-refractivity contribution in [3.05, 3.63) is 42.5 Å². The summed E-state index contributed by atoms with van der Waals surface area (Å²) < 4.78 is 6.83. The van der Waals surface area contributed by atoms with Gasteiger partial charge in [-0.3, -0.25) is 14.8 Å². The topological polar surface area (TPSA) is 149 Å². The maximum Gasteiger partial charge on any atom is 0.418 e. The van der Waals surface area contributed by atoms with Crippen molar-refractivity contribution >= 4 is 29.2 Å². The summed E-state index contributed by atoms with van der Waals surface area (Å²) in [5.41, 5.74) is 1.58. The average molecular weight is 409 g/mol. The number of hydrogen-bond acceptors (Lipinski definition) is 9. The Hall–Kier alpha value is -4.09. The van der Waals surface area contributed by atoms with Crippen LogP contribution in [0.3, 0.4) is 0 Å².